The van der Waals surface area contributed by atoms with Crippen molar-refractivity contribution in [1.29, 1.82) is 0 Å². The Balaban J connectivity index is 2.37. The Morgan fingerprint density at radius 1 is 1.14 bits per heavy atom. The Labute approximate surface area is 122 Å². The molecule has 0 bridgehead atoms. The van der Waals surface area contributed by atoms with Crippen molar-refractivity contribution in [3.8, 4) is 0 Å². The zero-order valence-corrected chi connectivity index (χ0v) is 12.0. The number of carbonyl (C=O) groups excluding carboxylic acids is 2. The first kappa shape index (κ1) is 14.8. The number of carbonyl (C=O) groups is 2. The molecule has 2 aromatic rings. The lowest BCUT2D eigenvalue weighted by molar-refractivity contribution is 0.0504. The van der Waals surface area contributed by atoms with Crippen molar-refractivity contribution in [3.05, 3.63) is 58.9 Å². The van der Waals surface area contributed by atoms with Crippen LogP contribution in [0, 0.1) is 0 Å². The molecule has 0 amide bonds. The van der Waals surface area contributed by atoms with Gasteiger partial charge < -0.3 is 14.5 Å². The van der Waals surface area contributed by atoms with Crippen LogP contribution in [0.3, 0.4) is 0 Å². The average Bonchev–Trinajstić information content (AvgIpc) is 2.91. The summed E-state index contributed by atoms with van der Waals surface area (Å²) in [4.78, 5) is 26.8. The summed E-state index contributed by atoms with van der Waals surface area (Å²) in [5.74, 6) is -1.08. The van der Waals surface area contributed by atoms with E-state index in [0.29, 0.717) is 12.1 Å². The SMILES string of the molecule is CCOC(=O)c1c[nH]c(Cc2ccccc2)c1C(=O)OC. The van der Waals surface area contributed by atoms with Gasteiger partial charge in [0, 0.05) is 18.3 Å². The first-order valence-corrected chi connectivity index (χ1v) is 6.67. The molecule has 1 aromatic carbocycles. The van der Waals surface area contributed by atoms with Crippen molar-refractivity contribution in [2.75, 3.05) is 13.7 Å². The van der Waals surface area contributed by atoms with Crippen molar-refractivity contribution in [3.63, 3.8) is 0 Å². The molecule has 5 nitrogen and oxygen atoms in total. The summed E-state index contributed by atoms with van der Waals surface area (Å²) >= 11 is 0. The van der Waals surface area contributed by atoms with E-state index in [1.165, 1.54) is 13.3 Å². The highest BCUT2D eigenvalue weighted by molar-refractivity contribution is 6.04. The van der Waals surface area contributed by atoms with Gasteiger partial charge in [0.2, 0.25) is 0 Å². The summed E-state index contributed by atoms with van der Waals surface area (Å²) < 4.78 is 9.74. The lowest BCUT2D eigenvalue weighted by atomic mass is 10.0. The summed E-state index contributed by atoms with van der Waals surface area (Å²) in [6.07, 6.45) is 1.99. The Kier molecular flexibility index (Phi) is 4.77. The van der Waals surface area contributed by atoms with Gasteiger partial charge in [0.1, 0.15) is 0 Å². The Morgan fingerprint density at radius 2 is 1.86 bits per heavy atom. The second-order valence-electron chi connectivity index (χ2n) is 4.43. The van der Waals surface area contributed by atoms with E-state index in [0.717, 1.165) is 5.56 Å². The monoisotopic (exact) mass is 287 g/mol. The average molecular weight is 287 g/mol. The molecule has 0 unspecified atom stereocenters. The number of H-pyrrole nitrogens is 1. The van der Waals surface area contributed by atoms with E-state index >= 15 is 0 Å². The molecule has 110 valence electrons. The van der Waals surface area contributed by atoms with E-state index < -0.39 is 11.9 Å². The fourth-order valence-corrected chi connectivity index (χ4v) is 2.11. The van der Waals surface area contributed by atoms with E-state index in [1.807, 2.05) is 30.3 Å². The number of esters is 2. The predicted molar refractivity (Wildman–Crippen MR) is 77.3 cm³/mol. The molecular formula is C16H17NO4. The van der Waals surface area contributed by atoms with Crippen LogP contribution in [0.1, 0.15) is 38.9 Å². The number of aromatic amines is 1. The third-order valence-electron chi connectivity index (χ3n) is 3.07. The molecule has 0 aliphatic carbocycles. The highest BCUT2D eigenvalue weighted by atomic mass is 16.5. The van der Waals surface area contributed by atoms with Gasteiger partial charge >= 0.3 is 11.9 Å². The minimum Gasteiger partial charge on any atom is -0.465 e. The molecule has 0 saturated heterocycles. The maximum Gasteiger partial charge on any atom is 0.340 e. The topological polar surface area (TPSA) is 68.4 Å². The predicted octanol–water partition coefficient (Wildman–Crippen LogP) is 2.57. The Hall–Kier alpha value is -2.56. The van der Waals surface area contributed by atoms with Crippen molar-refractivity contribution >= 4 is 11.9 Å². The van der Waals surface area contributed by atoms with Crippen molar-refractivity contribution in [2.24, 2.45) is 0 Å². The molecule has 0 aliphatic heterocycles. The lowest BCUT2D eigenvalue weighted by Gasteiger charge is -2.06. The van der Waals surface area contributed by atoms with Crippen LogP contribution in [0.4, 0.5) is 0 Å². The first-order valence-electron chi connectivity index (χ1n) is 6.67. The molecule has 0 saturated carbocycles. The molecule has 2 rings (SSSR count). The molecule has 0 aliphatic rings. The molecule has 5 heteroatoms. The Morgan fingerprint density at radius 3 is 2.48 bits per heavy atom. The smallest absolute Gasteiger partial charge is 0.340 e. The lowest BCUT2D eigenvalue weighted by Crippen LogP contribution is -2.12. The van der Waals surface area contributed by atoms with E-state index in [2.05, 4.69) is 4.98 Å². The van der Waals surface area contributed by atoms with Crippen LogP contribution in [0.2, 0.25) is 0 Å². The van der Waals surface area contributed by atoms with Crippen LogP contribution in [-0.4, -0.2) is 30.6 Å². The summed E-state index contributed by atoms with van der Waals surface area (Å²) in [5, 5.41) is 0. The zero-order valence-electron chi connectivity index (χ0n) is 12.0. The van der Waals surface area contributed by atoms with Gasteiger partial charge in [0.25, 0.3) is 0 Å². The van der Waals surface area contributed by atoms with Crippen molar-refractivity contribution in [2.45, 2.75) is 13.3 Å². The van der Waals surface area contributed by atoms with Crippen LogP contribution in [0.5, 0.6) is 0 Å². The van der Waals surface area contributed by atoms with Crippen LogP contribution < -0.4 is 0 Å². The molecule has 0 fully saturated rings. The highest BCUT2D eigenvalue weighted by Crippen LogP contribution is 2.20. The summed E-state index contributed by atoms with van der Waals surface area (Å²) in [6.45, 7) is 1.96. The molecule has 0 spiro atoms. The number of ether oxygens (including phenoxy) is 2. The molecule has 1 aromatic heterocycles. The standard InChI is InChI=1S/C16H17NO4/c1-3-21-15(18)12-10-17-13(14(12)16(19)20-2)9-11-7-5-4-6-8-11/h4-8,10,17H,3,9H2,1-2H3. The highest BCUT2D eigenvalue weighted by Gasteiger charge is 2.24. The molecule has 1 N–H and O–H groups in total. The van der Waals surface area contributed by atoms with E-state index in [1.54, 1.807) is 6.92 Å². The van der Waals surface area contributed by atoms with Gasteiger partial charge in [-0.15, -0.1) is 0 Å². The molecule has 21 heavy (non-hydrogen) atoms. The van der Waals surface area contributed by atoms with E-state index in [4.69, 9.17) is 9.47 Å². The van der Waals surface area contributed by atoms with Gasteiger partial charge in [-0.3, -0.25) is 0 Å². The first-order chi connectivity index (χ1) is 10.2. The van der Waals surface area contributed by atoms with Gasteiger partial charge in [0.15, 0.2) is 0 Å². The number of aromatic nitrogens is 1. The largest absolute Gasteiger partial charge is 0.465 e. The maximum atomic E-state index is 12.0. The summed E-state index contributed by atoms with van der Waals surface area (Å²) in [5.41, 5.74) is 2.10. The maximum absolute atomic E-state index is 12.0. The number of rotatable bonds is 5. The number of methoxy groups -OCH3 is 1. The quantitative estimate of drug-likeness (QED) is 0.858. The second kappa shape index (κ2) is 6.74. The fourth-order valence-electron chi connectivity index (χ4n) is 2.11. The van der Waals surface area contributed by atoms with E-state index in [9.17, 15) is 9.59 Å². The number of nitrogens with one attached hydrogen (secondary N) is 1. The van der Waals surface area contributed by atoms with Gasteiger partial charge in [-0.1, -0.05) is 30.3 Å². The second-order valence-corrected chi connectivity index (χ2v) is 4.43. The van der Waals surface area contributed by atoms with Gasteiger partial charge in [-0.2, -0.15) is 0 Å². The molecule has 0 radical (unpaired) electrons. The summed E-state index contributed by atoms with van der Waals surface area (Å²) in [6, 6.07) is 9.66. The normalized spacial score (nSPS) is 10.2. The number of benzene rings is 1. The van der Waals surface area contributed by atoms with Crippen LogP contribution in [-0.2, 0) is 15.9 Å². The minimum absolute atomic E-state index is 0.203. The summed E-state index contributed by atoms with van der Waals surface area (Å²) in [7, 11) is 1.29. The van der Waals surface area contributed by atoms with Crippen molar-refractivity contribution in [1.82, 2.24) is 4.98 Å². The van der Waals surface area contributed by atoms with Crippen molar-refractivity contribution < 1.29 is 19.1 Å². The van der Waals surface area contributed by atoms with Gasteiger partial charge in [-0.25, -0.2) is 9.59 Å². The third kappa shape index (κ3) is 3.31. The van der Waals surface area contributed by atoms with Crippen LogP contribution >= 0.6 is 0 Å². The molecule has 0 atom stereocenters. The molecule has 1 heterocycles. The molecular weight excluding hydrogens is 270 g/mol. The number of hydrogen-bond acceptors (Lipinski definition) is 4. The van der Waals surface area contributed by atoms with Gasteiger partial charge in [-0.05, 0) is 12.5 Å². The Bertz CT molecular complexity index is 631. The van der Waals surface area contributed by atoms with Gasteiger partial charge in [0.05, 0.1) is 24.8 Å². The number of hydrogen-bond donors (Lipinski definition) is 1. The van der Waals surface area contributed by atoms with E-state index in [-0.39, 0.29) is 17.7 Å². The van der Waals surface area contributed by atoms with Crippen LogP contribution in [0.15, 0.2) is 36.5 Å². The van der Waals surface area contributed by atoms with Crippen LogP contribution in [0.25, 0.3) is 0 Å². The zero-order chi connectivity index (χ0) is 15.2. The fraction of sp³-hybridized carbons (Fsp3) is 0.250. The minimum atomic E-state index is -0.551. The third-order valence-corrected chi connectivity index (χ3v) is 3.07.